The van der Waals surface area contributed by atoms with Gasteiger partial charge in [0.15, 0.2) is 0 Å². The first-order valence-electron chi connectivity index (χ1n) is 7.75. The molecule has 1 aromatic heterocycles. The SMILES string of the molecule is CSC1(CNC(=O)N[C@@H](C)Cc2ccc(C)s2)CCOCC1. The second-order valence-corrected chi connectivity index (χ2v) is 8.59. The summed E-state index contributed by atoms with van der Waals surface area (Å²) in [6.45, 7) is 6.44. The Kier molecular flexibility index (Phi) is 6.59. The number of hydrogen-bond donors (Lipinski definition) is 2. The van der Waals surface area contributed by atoms with E-state index in [0.29, 0.717) is 6.54 Å². The Hall–Kier alpha value is -0.720. The van der Waals surface area contributed by atoms with Gasteiger partial charge in [-0.3, -0.25) is 0 Å². The maximum absolute atomic E-state index is 12.1. The van der Waals surface area contributed by atoms with Crippen LogP contribution in [-0.2, 0) is 11.2 Å². The molecule has 1 aromatic rings. The molecule has 0 aliphatic carbocycles. The average Bonchev–Trinajstić information content (AvgIpc) is 2.91. The minimum atomic E-state index is -0.0688. The molecular formula is C16H26N2O2S2. The number of ether oxygens (including phenoxy) is 1. The smallest absolute Gasteiger partial charge is 0.315 e. The number of rotatable bonds is 6. The minimum absolute atomic E-state index is 0.0688. The predicted octanol–water partition coefficient (Wildman–Crippen LogP) is 3.20. The summed E-state index contributed by atoms with van der Waals surface area (Å²) >= 11 is 3.63. The molecule has 1 saturated heterocycles. The van der Waals surface area contributed by atoms with Gasteiger partial charge in [0.2, 0.25) is 0 Å². The average molecular weight is 343 g/mol. The van der Waals surface area contributed by atoms with Crippen molar-refractivity contribution in [1.82, 2.24) is 10.6 Å². The number of nitrogens with one attached hydrogen (secondary N) is 2. The van der Waals surface area contributed by atoms with Crippen molar-refractivity contribution in [3.05, 3.63) is 21.9 Å². The summed E-state index contributed by atoms with van der Waals surface area (Å²) in [6, 6.07) is 4.33. The summed E-state index contributed by atoms with van der Waals surface area (Å²) in [7, 11) is 0. The first kappa shape index (κ1) is 17.6. The molecule has 124 valence electrons. The highest BCUT2D eigenvalue weighted by atomic mass is 32.2. The zero-order valence-corrected chi connectivity index (χ0v) is 15.2. The van der Waals surface area contributed by atoms with E-state index in [0.717, 1.165) is 32.5 Å². The van der Waals surface area contributed by atoms with Crippen LogP contribution in [0.2, 0.25) is 0 Å². The van der Waals surface area contributed by atoms with E-state index < -0.39 is 0 Å². The molecule has 0 radical (unpaired) electrons. The third-order valence-electron chi connectivity index (χ3n) is 4.09. The van der Waals surface area contributed by atoms with E-state index in [2.05, 4.69) is 35.9 Å². The molecule has 2 rings (SSSR count). The van der Waals surface area contributed by atoms with Gasteiger partial charge in [0.1, 0.15) is 0 Å². The first-order chi connectivity index (χ1) is 10.5. The number of hydrogen-bond acceptors (Lipinski definition) is 4. The van der Waals surface area contributed by atoms with Crippen molar-refractivity contribution in [2.24, 2.45) is 0 Å². The van der Waals surface area contributed by atoms with Crippen molar-refractivity contribution < 1.29 is 9.53 Å². The van der Waals surface area contributed by atoms with E-state index in [1.165, 1.54) is 9.75 Å². The van der Waals surface area contributed by atoms with Gasteiger partial charge in [-0.05, 0) is 45.1 Å². The number of carbonyl (C=O) groups is 1. The van der Waals surface area contributed by atoms with Gasteiger partial charge in [-0.1, -0.05) is 0 Å². The molecule has 6 heteroatoms. The van der Waals surface area contributed by atoms with Crippen LogP contribution in [0.1, 0.15) is 29.5 Å². The number of urea groups is 1. The highest BCUT2D eigenvalue weighted by Crippen LogP contribution is 2.32. The molecule has 2 N–H and O–H groups in total. The lowest BCUT2D eigenvalue weighted by Gasteiger charge is -2.35. The van der Waals surface area contributed by atoms with Crippen molar-refractivity contribution >= 4 is 29.1 Å². The quantitative estimate of drug-likeness (QED) is 0.835. The molecule has 0 spiro atoms. The van der Waals surface area contributed by atoms with Crippen LogP contribution in [0.4, 0.5) is 4.79 Å². The number of thioether (sulfide) groups is 1. The van der Waals surface area contributed by atoms with Crippen molar-refractivity contribution in [3.63, 3.8) is 0 Å². The summed E-state index contributed by atoms with van der Waals surface area (Å²) in [5.41, 5.74) is 0. The molecule has 1 atom stereocenters. The van der Waals surface area contributed by atoms with Crippen molar-refractivity contribution in [3.8, 4) is 0 Å². The van der Waals surface area contributed by atoms with Crippen molar-refractivity contribution in [2.45, 2.75) is 43.9 Å². The molecule has 4 nitrogen and oxygen atoms in total. The molecular weight excluding hydrogens is 316 g/mol. The second kappa shape index (κ2) is 8.22. The summed E-state index contributed by atoms with van der Waals surface area (Å²) < 4.78 is 5.55. The molecule has 0 aromatic carbocycles. The summed E-state index contributed by atoms with van der Waals surface area (Å²) in [4.78, 5) is 14.7. The molecule has 0 saturated carbocycles. The topological polar surface area (TPSA) is 50.4 Å². The van der Waals surface area contributed by atoms with E-state index >= 15 is 0 Å². The standard InChI is InChI=1S/C16H26N2O2S2/c1-12(10-14-5-4-13(2)22-14)18-15(19)17-11-16(21-3)6-8-20-9-7-16/h4-5,12H,6-11H2,1-3H3,(H2,17,18,19)/t12-/m0/s1. The number of thiophene rings is 1. The van der Waals surface area contributed by atoms with Crippen LogP contribution >= 0.6 is 23.1 Å². The minimum Gasteiger partial charge on any atom is -0.381 e. The highest BCUT2D eigenvalue weighted by Gasteiger charge is 2.32. The lowest BCUT2D eigenvalue weighted by Crippen LogP contribution is -2.49. The fourth-order valence-electron chi connectivity index (χ4n) is 2.66. The number of aryl methyl sites for hydroxylation is 1. The number of amides is 2. The predicted molar refractivity (Wildman–Crippen MR) is 95.1 cm³/mol. The zero-order valence-electron chi connectivity index (χ0n) is 13.6. The van der Waals surface area contributed by atoms with Crippen LogP contribution in [0.3, 0.4) is 0 Å². The molecule has 0 unspecified atom stereocenters. The summed E-state index contributed by atoms with van der Waals surface area (Å²) in [5.74, 6) is 0. The van der Waals surface area contributed by atoms with Crippen molar-refractivity contribution in [2.75, 3.05) is 26.0 Å². The van der Waals surface area contributed by atoms with Gasteiger partial charge in [0, 0.05) is 46.7 Å². The van der Waals surface area contributed by atoms with Gasteiger partial charge in [-0.25, -0.2) is 4.79 Å². The Morgan fingerprint density at radius 3 is 2.77 bits per heavy atom. The van der Waals surface area contributed by atoms with E-state index in [1.54, 1.807) is 11.3 Å². The lowest BCUT2D eigenvalue weighted by atomic mass is 9.99. The molecule has 1 aliphatic heterocycles. The molecule has 2 amide bonds. The Bertz CT molecular complexity index is 484. The van der Waals surface area contributed by atoms with Crippen LogP contribution in [0.5, 0.6) is 0 Å². The first-order valence-corrected chi connectivity index (χ1v) is 9.80. The monoisotopic (exact) mass is 342 g/mol. The lowest BCUT2D eigenvalue weighted by molar-refractivity contribution is 0.0777. The van der Waals surface area contributed by atoms with Crippen molar-refractivity contribution in [1.29, 1.82) is 0 Å². The fourth-order valence-corrected chi connectivity index (χ4v) is 4.47. The Balaban J connectivity index is 1.74. The third-order valence-corrected chi connectivity index (χ3v) is 6.53. The van der Waals surface area contributed by atoms with Gasteiger partial charge in [0.05, 0.1) is 0 Å². The normalized spacial score (nSPS) is 18.7. The highest BCUT2D eigenvalue weighted by molar-refractivity contribution is 8.00. The summed E-state index contributed by atoms with van der Waals surface area (Å²) in [6.07, 6.45) is 5.00. The van der Waals surface area contributed by atoms with Gasteiger partial charge in [-0.2, -0.15) is 11.8 Å². The van der Waals surface area contributed by atoms with Gasteiger partial charge >= 0.3 is 6.03 Å². The van der Waals surface area contributed by atoms with Crippen LogP contribution in [0.25, 0.3) is 0 Å². The summed E-state index contributed by atoms with van der Waals surface area (Å²) in [5, 5.41) is 6.08. The molecule has 1 fully saturated rings. The van der Waals surface area contributed by atoms with E-state index in [9.17, 15) is 4.79 Å². The Morgan fingerprint density at radius 1 is 1.45 bits per heavy atom. The van der Waals surface area contributed by atoms with Crippen LogP contribution in [-0.4, -0.2) is 42.8 Å². The Labute approximate surface area is 141 Å². The van der Waals surface area contributed by atoms with Gasteiger partial charge in [0.25, 0.3) is 0 Å². The molecule has 0 bridgehead atoms. The van der Waals surface area contributed by atoms with E-state index in [-0.39, 0.29) is 16.8 Å². The maximum atomic E-state index is 12.1. The van der Waals surface area contributed by atoms with Crippen LogP contribution in [0, 0.1) is 6.92 Å². The second-order valence-electron chi connectivity index (χ2n) is 5.94. The fraction of sp³-hybridized carbons (Fsp3) is 0.688. The molecule has 2 heterocycles. The van der Waals surface area contributed by atoms with Crippen LogP contribution < -0.4 is 10.6 Å². The largest absolute Gasteiger partial charge is 0.381 e. The third kappa shape index (κ3) is 5.18. The van der Waals surface area contributed by atoms with Gasteiger partial charge < -0.3 is 15.4 Å². The Morgan fingerprint density at radius 2 is 2.18 bits per heavy atom. The molecule has 22 heavy (non-hydrogen) atoms. The zero-order chi connectivity index (χ0) is 16.0. The molecule has 1 aliphatic rings. The van der Waals surface area contributed by atoms with Crippen LogP contribution in [0.15, 0.2) is 12.1 Å². The van der Waals surface area contributed by atoms with E-state index in [1.807, 2.05) is 18.7 Å². The van der Waals surface area contributed by atoms with Gasteiger partial charge in [-0.15, -0.1) is 11.3 Å². The van der Waals surface area contributed by atoms with E-state index in [4.69, 9.17) is 4.74 Å². The number of carbonyl (C=O) groups excluding carboxylic acids is 1. The maximum Gasteiger partial charge on any atom is 0.315 e.